The van der Waals surface area contributed by atoms with E-state index >= 15 is 0 Å². The van der Waals surface area contributed by atoms with Gasteiger partial charge >= 0.3 is 15.6 Å². The van der Waals surface area contributed by atoms with Crippen LogP contribution in [0.1, 0.15) is 46.0 Å². The lowest BCUT2D eigenvalue weighted by Crippen LogP contribution is -2.50. The molecule has 0 N–H and O–H groups in total. The van der Waals surface area contributed by atoms with Gasteiger partial charge in [-0.15, -0.1) is 0 Å². The number of halogens is 3. The zero-order valence-corrected chi connectivity index (χ0v) is 11.7. The quantitative estimate of drug-likeness (QED) is 0.581. The van der Waals surface area contributed by atoms with E-state index in [4.69, 9.17) is 4.18 Å². The maximum absolute atomic E-state index is 12.6. The largest absolute Gasteiger partial charge is 0.523 e. The average molecular weight is 298 g/mol. The van der Waals surface area contributed by atoms with E-state index in [0.717, 1.165) is 25.7 Å². The molecule has 0 aromatic heterocycles. The molecule has 0 amide bonds. The maximum Gasteiger partial charge on any atom is 0.523 e. The van der Waals surface area contributed by atoms with Gasteiger partial charge in [-0.2, -0.15) is 21.6 Å². The van der Waals surface area contributed by atoms with Crippen LogP contribution in [0.25, 0.3) is 0 Å². The first-order chi connectivity index (χ1) is 8.48. The normalized spacial score (nSPS) is 38.9. The van der Waals surface area contributed by atoms with Gasteiger partial charge in [0.1, 0.15) is 0 Å². The van der Waals surface area contributed by atoms with Gasteiger partial charge < -0.3 is 0 Å². The van der Waals surface area contributed by atoms with Gasteiger partial charge in [-0.1, -0.05) is 13.8 Å². The van der Waals surface area contributed by atoms with Crippen molar-refractivity contribution in [3.05, 3.63) is 0 Å². The van der Waals surface area contributed by atoms with Crippen LogP contribution in [0.15, 0.2) is 0 Å². The molecule has 3 aliphatic carbocycles. The third-order valence-electron chi connectivity index (χ3n) is 5.79. The summed E-state index contributed by atoms with van der Waals surface area (Å²) < 4.78 is 65.6. The molecule has 2 bridgehead atoms. The molecule has 0 heterocycles. The third kappa shape index (κ3) is 1.46. The highest BCUT2D eigenvalue weighted by molar-refractivity contribution is 7.87. The Morgan fingerprint density at radius 3 is 2.16 bits per heavy atom. The molecule has 3 aliphatic rings. The van der Waals surface area contributed by atoms with Crippen molar-refractivity contribution in [3.63, 3.8) is 0 Å². The van der Waals surface area contributed by atoms with Gasteiger partial charge in [0.25, 0.3) is 0 Å². The van der Waals surface area contributed by atoms with Crippen molar-refractivity contribution in [2.45, 2.75) is 57.1 Å². The summed E-state index contributed by atoms with van der Waals surface area (Å²) in [5.74, 6) is 0.262. The molecule has 110 valence electrons. The van der Waals surface area contributed by atoms with Crippen molar-refractivity contribution < 1.29 is 25.8 Å². The van der Waals surface area contributed by atoms with Crippen LogP contribution < -0.4 is 0 Å². The molecule has 3 fully saturated rings. The SMILES string of the molecule is CC1(C)[C@H]2CC[C@]1(OS(=O)(=O)C(F)(F)F)C1(CC1)C2. The Balaban J connectivity index is 2.03. The Kier molecular flexibility index (Phi) is 2.37. The number of hydrogen-bond donors (Lipinski definition) is 0. The fourth-order valence-electron chi connectivity index (χ4n) is 4.56. The predicted molar refractivity (Wildman–Crippen MR) is 61.6 cm³/mol. The van der Waals surface area contributed by atoms with Gasteiger partial charge in [0, 0.05) is 5.41 Å². The van der Waals surface area contributed by atoms with Crippen LogP contribution >= 0.6 is 0 Å². The van der Waals surface area contributed by atoms with E-state index in [1.807, 2.05) is 13.8 Å². The fourth-order valence-corrected chi connectivity index (χ4v) is 5.51. The first-order valence-corrected chi connectivity index (χ1v) is 7.90. The number of hydrogen-bond acceptors (Lipinski definition) is 3. The molecule has 3 rings (SSSR count). The second-order valence-electron chi connectivity index (χ2n) is 6.75. The lowest BCUT2D eigenvalue weighted by molar-refractivity contribution is -0.0921. The van der Waals surface area contributed by atoms with Gasteiger partial charge in [0.05, 0.1) is 5.60 Å². The summed E-state index contributed by atoms with van der Waals surface area (Å²) in [5, 5.41) is 0. The monoisotopic (exact) mass is 298 g/mol. The van der Waals surface area contributed by atoms with Crippen molar-refractivity contribution in [2.24, 2.45) is 16.7 Å². The second-order valence-corrected chi connectivity index (χ2v) is 8.29. The molecular formula is C12H17F3O3S. The van der Waals surface area contributed by atoms with E-state index in [9.17, 15) is 21.6 Å². The molecule has 0 aliphatic heterocycles. The van der Waals surface area contributed by atoms with Crippen LogP contribution in [-0.4, -0.2) is 19.5 Å². The van der Waals surface area contributed by atoms with Crippen LogP contribution in [0.5, 0.6) is 0 Å². The first kappa shape index (κ1) is 13.7. The number of fused-ring (bicyclic) bond motifs is 3. The van der Waals surface area contributed by atoms with Crippen LogP contribution in [0.3, 0.4) is 0 Å². The Bertz CT molecular complexity index is 519. The molecule has 3 saturated carbocycles. The second kappa shape index (κ2) is 3.30. The molecule has 0 aromatic carbocycles. The standard InChI is InChI=1S/C12H17F3O3S/c1-9(2)8-3-4-11(9,10(7-8)5-6-10)18-19(16,17)12(13,14)15/h8H,3-7H2,1-2H3/t8-,11+/m0/s1. The summed E-state index contributed by atoms with van der Waals surface area (Å²) in [7, 11) is -5.53. The van der Waals surface area contributed by atoms with Crippen LogP contribution in [-0.2, 0) is 14.3 Å². The van der Waals surface area contributed by atoms with Crippen LogP contribution in [0.2, 0.25) is 0 Å². The Hall–Kier alpha value is -0.300. The van der Waals surface area contributed by atoms with Gasteiger partial charge in [-0.05, 0) is 43.4 Å². The van der Waals surface area contributed by atoms with Gasteiger partial charge in [-0.3, -0.25) is 4.18 Å². The predicted octanol–water partition coefficient (Wildman–Crippen LogP) is 3.21. The molecule has 1 spiro atoms. The van der Waals surface area contributed by atoms with E-state index in [0.29, 0.717) is 6.42 Å². The summed E-state index contributed by atoms with van der Waals surface area (Å²) in [5.41, 5.74) is -7.34. The number of alkyl halides is 3. The summed E-state index contributed by atoms with van der Waals surface area (Å²) in [6.07, 6.45) is 3.52. The van der Waals surface area contributed by atoms with E-state index in [1.54, 1.807) is 0 Å². The van der Waals surface area contributed by atoms with Crippen molar-refractivity contribution in [1.29, 1.82) is 0 Å². The highest BCUT2D eigenvalue weighted by Gasteiger charge is 2.78. The molecule has 0 radical (unpaired) electrons. The van der Waals surface area contributed by atoms with Crippen molar-refractivity contribution in [1.82, 2.24) is 0 Å². The van der Waals surface area contributed by atoms with E-state index in [1.165, 1.54) is 0 Å². The minimum atomic E-state index is -5.53. The minimum Gasteiger partial charge on any atom is -0.255 e. The van der Waals surface area contributed by atoms with Crippen LogP contribution in [0, 0.1) is 16.7 Å². The van der Waals surface area contributed by atoms with Gasteiger partial charge in [-0.25, -0.2) is 0 Å². The summed E-state index contributed by atoms with van der Waals surface area (Å²) in [4.78, 5) is 0. The molecular weight excluding hydrogens is 281 g/mol. The third-order valence-corrected chi connectivity index (χ3v) is 6.86. The topological polar surface area (TPSA) is 43.4 Å². The van der Waals surface area contributed by atoms with Crippen molar-refractivity contribution >= 4 is 10.1 Å². The van der Waals surface area contributed by atoms with E-state index in [2.05, 4.69) is 0 Å². The molecule has 0 saturated heterocycles. The molecule has 0 aromatic rings. The average Bonchev–Trinajstić information content (AvgIpc) is 2.92. The zero-order valence-electron chi connectivity index (χ0n) is 10.9. The summed E-state index contributed by atoms with van der Waals surface area (Å²) in [6, 6.07) is 0. The molecule has 7 heteroatoms. The molecule has 0 unspecified atom stereocenters. The minimum absolute atomic E-state index is 0.262. The molecule has 2 atom stereocenters. The fraction of sp³-hybridized carbons (Fsp3) is 1.00. The highest BCUT2D eigenvalue weighted by atomic mass is 32.2. The Morgan fingerprint density at radius 2 is 1.74 bits per heavy atom. The number of rotatable bonds is 2. The lowest BCUT2D eigenvalue weighted by atomic mass is 9.74. The Morgan fingerprint density at radius 1 is 1.16 bits per heavy atom. The van der Waals surface area contributed by atoms with E-state index < -0.39 is 26.6 Å². The van der Waals surface area contributed by atoms with E-state index in [-0.39, 0.29) is 11.3 Å². The zero-order chi connectivity index (χ0) is 14.3. The highest BCUT2D eigenvalue weighted by Crippen LogP contribution is 2.78. The van der Waals surface area contributed by atoms with Crippen LogP contribution in [0.4, 0.5) is 13.2 Å². The lowest BCUT2D eigenvalue weighted by Gasteiger charge is -2.41. The summed E-state index contributed by atoms with van der Waals surface area (Å²) in [6.45, 7) is 3.70. The van der Waals surface area contributed by atoms with Crippen molar-refractivity contribution in [2.75, 3.05) is 0 Å². The van der Waals surface area contributed by atoms with Gasteiger partial charge in [0.15, 0.2) is 0 Å². The first-order valence-electron chi connectivity index (χ1n) is 6.49. The van der Waals surface area contributed by atoms with Gasteiger partial charge in [0.2, 0.25) is 0 Å². The molecule has 3 nitrogen and oxygen atoms in total. The Labute approximate surface area is 110 Å². The molecule has 19 heavy (non-hydrogen) atoms. The summed E-state index contributed by atoms with van der Waals surface area (Å²) >= 11 is 0. The maximum atomic E-state index is 12.6. The smallest absolute Gasteiger partial charge is 0.255 e. The van der Waals surface area contributed by atoms with Crippen molar-refractivity contribution in [3.8, 4) is 0 Å².